The molecule has 162 valence electrons. The van der Waals surface area contributed by atoms with Crippen molar-refractivity contribution in [3.8, 4) is 11.1 Å². The van der Waals surface area contributed by atoms with Crippen molar-refractivity contribution in [1.82, 2.24) is 4.90 Å². The molecule has 1 saturated heterocycles. The number of carbonyl (C=O) groups is 1. The second-order valence-corrected chi connectivity index (χ2v) is 9.24. The van der Waals surface area contributed by atoms with E-state index < -0.39 is 0 Å². The molecule has 1 amide bonds. The molecule has 32 heavy (non-hydrogen) atoms. The van der Waals surface area contributed by atoms with E-state index in [4.69, 9.17) is 0 Å². The maximum absolute atomic E-state index is 13.4. The minimum absolute atomic E-state index is 0.131. The minimum Gasteiger partial charge on any atom is -0.364 e. The molecule has 3 aliphatic heterocycles. The van der Waals surface area contributed by atoms with E-state index in [2.05, 4.69) is 52.3 Å². The third-order valence-electron chi connectivity index (χ3n) is 7.43. The Morgan fingerprint density at radius 3 is 2.47 bits per heavy atom. The highest BCUT2D eigenvalue weighted by Crippen LogP contribution is 2.50. The van der Waals surface area contributed by atoms with Crippen LogP contribution in [0.25, 0.3) is 11.1 Å². The first kappa shape index (κ1) is 19.5. The fourth-order valence-electron chi connectivity index (χ4n) is 5.90. The minimum atomic E-state index is -0.215. The number of carbonyl (C=O) groups excluding carboxylic acids is 1. The second kappa shape index (κ2) is 7.77. The molecule has 0 aliphatic carbocycles. The van der Waals surface area contributed by atoms with Gasteiger partial charge in [0.2, 0.25) is 5.91 Å². The van der Waals surface area contributed by atoms with E-state index in [1.165, 1.54) is 34.5 Å². The lowest BCUT2D eigenvalue weighted by Crippen LogP contribution is -2.43. The first-order valence-corrected chi connectivity index (χ1v) is 11.7. The maximum atomic E-state index is 13.4. The van der Waals surface area contributed by atoms with Crippen molar-refractivity contribution in [3.63, 3.8) is 0 Å². The van der Waals surface area contributed by atoms with Crippen LogP contribution in [0.5, 0.6) is 0 Å². The summed E-state index contributed by atoms with van der Waals surface area (Å²) >= 11 is 0. The molecule has 3 aliphatic rings. The number of piperidine rings is 1. The van der Waals surface area contributed by atoms with Crippen molar-refractivity contribution >= 4 is 11.6 Å². The van der Waals surface area contributed by atoms with Gasteiger partial charge in [-0.2, -0.15) is 0 Å². The number of benzene rings is 3. The van der Waals surface area contributed by atoms with Gasteiger partial charge in [-0.1, -0.05) is 48.5 Å². The molecule has 0 spiro atoms. The summed E-state index contributed by atoms with van der Waals surface area (Å²) in [5, 5.41) is 0. The number of halogens is 1. The van der Waals surface area contributed by atoms with Crippen LogP contribution in [0.4, 0.5) is 10.1 Å². The largest absolute Gasteiger partial charge is 0.364 e. The van der Waals surface area contributed by atoms with E-state index in [1.807, 2.05) is 12.1 Å². The van der Waals surface area contributed by atoms with E-state index in [9.17, 15) is 9.18 Å². The van der Waals surface area contributed by atoms with Crippen LogP contribution in [0.1, 0.15) is 54.5 Å². The first-order valence-electron chi connectivity index (χ1n) is 11.7. The Hall–Kier alpha value is -3.14. The molecule has 6 rings (SSSR count). The third-order valence-corrected chi connectivity index (χ3v) is 7.43. The predicted octanol–water partition coefficient (Wildman–Crippen LogP) is 6.05. The Morgan fingerprint density at radius 2 is 1.62 bits per heavy atom. The van der Waals surface area contributed by atoms with Crippen LogP contribution in [-0.4, -0.2) is 23.9 Å². The molecule has 0 N–H and O–H groups in total. The summed E-state index contributed by atoms with van der Waals surface area (Å²) in [6.45, 7) is 1.87. The summed E-state index contributed by atoms with van der Waals surface area (Å²) in [4.78, 5) is 17.6. The highest BCUT2D eigenvalue weighted by Gasteiger charge is 2.41. The molecule has 0 aromatic heterocycles. The summed E-state index contributed by atoms with van der Waals surface area (Å²) in [6, 6.07) is 22.4. The zero-order chi connectivity index (χ0) is 21.7. The Balaban J connectivity index is 1.42. The number of likely N-dealkylation sites (tertiary alicyclic amines) is 1. The number of anilines is 1. The molecule has 4 heteroatoms. The lowest BCUT2D eigenvalue weighted by Gasteiger charge is -2.45. The maximum Gasteiger partial charge on any atom is 0.223 e. The highest BCUT2D eigenvalue weighted by molar-refractivity contribution is 5.79. The molecular weight excluding hydrogens is 399 g/mol. The zero-order valence-electron chi connectivity index (χ0n) is 18.1. The lowest BCUT2D eigenvalue weighted by molar-refractivity contribution is -0.136. The van der Waals surface area contributed by atoms with Gasteiger partial charge in [-0.15, -0.1) is 0 Å². The molecule has 0 saturated carbocycles. The highest BCUT2D eigenvalue weighted by atomic mass is 19.1. The Kier molecular flexibility index (Phi) is 4.74. The summed E-state index contributed by atoms with van der Waals surface area (Å²) < 4.78 is 13.4. The van der Waals surface area contributed by atoms with Crippen LogP contribution in [0.3, 0.4) is 0 Å². The van der Waals surface area contributed by atoms with E-state index in [0.717, 1.165) is 49.9 Å². The second-order valence-electron chi connectivity index (χ2n) is 9.24. The summed E-state index contributed by atoms with van der Waals surface area (Å²) in [5.74, 6) is 0.0801. The van der Waals surface area contributed by atoms with E-state index in [-0.39, 0.29) is 17.9 Å². The summed E-state index contributed by atoms with van der Waals surface area (Å²) in [5.41, 5.74) is 7.46. The van der Waals surface area contributed by atoms with Crippen molar-refractivity contribution in [3.05, 3.63) is 89.2 Å². The molecular formula is C28H27FN2O. The molecule has 0 radical (unpaired) electrons. The van der Waals surface area contributed by atoms with Gasteiger partial charge in [0.15, 0.2) is 0 Å². The van der Waals surface area contributed by atoms with Gasteiger partial charge >= 0.3 is 0 Å². The molecule has 3 aromatic carbocycles. The molecule has 3 nitrogen and oxygen atoms in total. The smallest absolute Gasteiger partial charge is 0.223 e. The normalized spacial score (nSPS) is 22.2. The summed E-state index contributed by atoms with van der Waals surface area (Å²) in [6.07, 6.45) is 4.73. The Bertz CT molecular complexity index is 1170. The average Bonchev–Trinajstić information content (AvgIpc) is 3.26. The average molecular weight is 427 g/mol. The topological polar surface area (TPSA) is 23.6 Å². The Labute approximate surface area is 188 Å². The van der Waals surface area contributed by atoms with Crippen molar-refractivity contribution in [2.45, 2.75) is 44.2 Å². The molecule has 2 atom stereocenters. The number of amides is 1. The molecule has 1 fully saturated rings. The quantitative estimate of drug-likeness (QED) is 0.509. The fourth-order valence-corrected chi connectivity index (χ4v) is 5.90. The van der Waals surface area contributed by atoms with Gasteiger partial charge in [-0.3, -0.25) is 4.79 Å². The van der Waals surface area contributed by atoms with Crippen LogP contribution in [0.2, 0.25) is 0 Å². The van der Waals surface area contributed by atoms with Crippen molar-refractivity contribution < 1.29 is 9.18 Å². The first-order chi connectivity index (χ1) is 15.7. The zero-order valence-corrected chi connectivity index (χ0v) is 18.1. The predicted molar refractivity (Wildman–Crippen MR) is 125 cm³/mol. The number of rotatable bonds is 3. The van der Waals surface area contributed by atoms with Crippen LogP contribution in [-0.2, 0) is 11.2 Å². The monoisotopic (exact) mass is 426 g/mol. The Morgan fingerprint density at radius 1 is 0.781 bits per heavy atom. The van der Waals surface area contributed by atoms with E-state index >= 15 is 0 Å². The molecule has 3 heterocycles. The molecule has 3 aromatic rings. The standard InChI is InChI=1S/C28H27FN2O/c29-23-12-10-19(11-13-23)21-6-3-7-22(17-21)25-18-26(30-15-2-1-9-27(30)32)24-8-4-5-20-14-16-31(25)28(20)24/h3-8,10-13,17,25-26H,1-2,9,14-16,18H2. The van der Waals surface area contributed by atoms with Gasteiger partial charge in [0.05, 0.1) is 12.1 Å². The number of hydrogen-bond donors (Lipinski definition) is 0. The number of hydrogen-bond acceptors (Lipinski definition) is 2. The fraction of sp³-hybridized carbons (Fsp3) is 0.321. The van der Waals surface area contributed by atoms with Crippen LogP contribution >= 0.6 is 0 Å². The van der Waals surface area contributed by atoms with E-state index in [0.29, 0.717) is 12.3 Å². The van der Waals surface area contributed by atoms with Gasteiger partial charge in [0.25, 0.3) is 0 Å². The third kappa shape index (κ3) is 3.21. The number of nitrogens with zero attached hydrogens (tertiary/aromatic N) is 2. The van der Waals surface area contributed by atoms with Crippen molar-refractivity contribution in [1.29, 1.82) is 0 Å². The molecule has 2 unspecified atom stereocenters. The van der Waals surface area contributed by atoms with Crippen molar-refractivity contribution in [2.24, 2.45) is 0 Å². The molecule has 0 bridgehead atoms. The lowest BCUT2D eigenvalue weighted by atomic mass is 9.85. The van der Waals surface area contributed by atoms with Gasteiger partial charge in [-0.25, -0.2) is 4.39 Å². The van der Waals surface area contributed by atoms with Gasteiger partial charge < -0.3 is 9.80 Å². The van der Waals surface area contributed by atoms with Crippen molar-refractivity contribution in [2.75, 3.05) is 18.0 Å². The number of para-hydroxylation sites is 1. The van der Waals surface area contributed by atoms with Gasteiger partial charge in [0, 0.05) is 25.2 Å². The summed E-state index contributed by atoms with van der Waals surface area (Å²) in [7, 11) is 0. The van der Waals surface area contributed by atoms with Crippen LogP contribution < -0.4 is 4.90 Å². The van der Waals surface area contributed by atoms with Gasteiger partial charge in [0.1, 0.15) is 5.82 Å². The van der Waals surface area contributed by atoms with Gasteiger partial charge in [-0.05, 0) is 71.7 Å². The van der Waals surface area contributed by atoms with Crippen LogP contribution in [0, 0.1) is 5.82 Å². The van der Waals surface area contributed by atoms with E-state index in [1.54, 1.807) is 0 Å². The SMILES string of the molecule is O=C1CCCCN1C1CC(c2cccc(-c3ccc(F)cc3)c2)N2CCc3cccc1c32. The van der Waals surface area contributed by atoms with Crippen LogP contribution in [0.15, 0.2) is 66.7 Å².